The molecule has 2 N–H and O–H groups in total. The van der Waals surface area contributed by atoms with Crippen molar-refractivity contribution in [3.05, 3.63) is 77.6 Å². The molecule has 0 aliphatic carbocycles. The first-order valence-electron chi connectivity index (χ1n) is 10.8. The van der Waals surface area contributed by atoms with Crippen LogP contribution in [0.25, 0.3) is 0 Å². The Morgan fingerprint density at radius 2 is 1.97 bits per heavy atom. The van der Waals surface area contributed by atoms with Crippen molar-refractivity contribution in [2.45, 2.75) is 13.0 Å². The zero-order valence-electron chi connectivity index (χ0n) is 18.9. The third kappa shape index (κ3) is 5.85. The molecule has 0 spiro atoms. The summed E-state index contributed by atoms with van der Waals surface area (Å²) in [5.74, 6) is -0.150. The van der Waals surface area contributed by atoms with Gasteiger partial charge in [-0.2, -0.15) is 0 Å². The van der Waals surface area contributed by atoms with Gasteiger partial charge in [-0.05, 0) is 48.0 Å². The number of carboxylic acid groups (broad SMARTS) is 1. The molecule has 10 nitrogen and oxygen atoms in total. The Hall–Kier alpha value is -4.60. The number of hydrogen-bond acceptors (Lipinski definition) is 7. The SMILES string of the molecule is COc1ccc(CC(=O)O)cc1Oc1ccc(NC(=O)c2cccnc2)cc1CN1CCOC1=O. The summed E-state index contributed by atoms with van der Waals surface area (Å²) in [6.07, 6.45) is 2.42. The molecular formula is C25H23N3O7. The minimum absolute atomic E-state index is 0.174. The van der Waals surface area contributed by atoms with E-state index >= 15 is 0 Å². The van der Waals surface area contributed by atoms with E-state index in [1.165, 1.54) is 18.2 Å². The number of anilines is 1. The predicted octanol–water partition coefficient (Wildman–Crippen LogP) is 3.71. The zero-order valence-corrected chi connectivity index (χ0v) is 18.9. The molecule has 1 aliphatic rings. The molecule has 1 saturated heterocycles. The molecule has 180 valence electrons. The van der Waals surface area contributed by atoms with Gasteiger partial charge in [0.05, 0.1) is 32.2 Å². The van der Waals surface area contributed by atoms with Crippen LogP contribution >= 0.6 is 0 Å². The number of benzene rings is 2. The molecule has 3 aromatic rings. The molecule has 1 aliphatic heterocycles. The number of rotatable bonds is 9. The number of carbonyl (C=O) groups is 3. The minimum Gasteiger partial charge on any atom is -0.493 e. The predicted molar refractivity (Wildman–Crippen MR) is 125 cm³/mol. The summed E-state index contributed by atoms with van der Waals surface area (Å²) in [5.41, 5.74) is 2.05. The zero-order chi connectivity index (χ0) is 24.8. The van der Waals surface area contributed by atoms with Gasteiger partial charge < -0.3 is 29.5 Å². The molecule has 2 amide bonds. The largest absolute Gasteiger partial charge is 0.493 e. The quantitative estimate of drug-likeness (QED) is 0.477. The van der Waals surface area contributed by atoms with E-state index in [9.17, 15) is 14.4 Å². The fraction of sp³-hybridized carbons (Fsp3) is 0.200. The highest BCUT2D eigenvalue weighted by Crippen LogP contribution is 2.36. The number of pyridine rings is 1. The van der Waals surface area contributed by atoms with E-state index < -0.39 is 12.1 Å². The van der Waals surface area contributed by atoms with Crippen LogP contribution in [0.4, 0.5) is 10.5 Å². The average molecular weight is 477 g/mol. The number of cyclic esters (lactones) is 1. The van der Waals surface area contributed by atoms with Crippen LogP contribution in [0.2, 0.25) is 0 Å². The maximum atomic E-state index is 12.6. The van der Waals surface area contributed by atoms with Gasteiger partial charge in [0.1, 0.15) is 12.4 Å². The van der Waals surface area contributed by atoms with E-state index in [0.717, 1.165) is 0 Å². The summed E-state index contributed by atoms with van der Waals surface area (Å²) < 4.78 is 16.5. The van der Waals surface area contributed by atoms with Gasteiger partial charge in [-0.3, -0.25) is 14.6 Å². The van der Waals surface area contributed by atoms with Crippen molar-refractivity contribution in [1.29, 1.82) is 0 Å². The van der Waals surface area contributed by atoms with Gasteiger partial charge in [-0.1, -0.05) is 6.07 Å². The van der Waals surface area contributed by atoms with Crippen LogP contribution in [-0.2, 0) is 22.5 Å². The highest BCUT2D eigenvalue weighted by molar-refractivity contribution is 6.04. The first-order valence-corrected chi connectivity index (χ1v) is 10.8. The Kier molecular flexibility index (Phi) is 7.10. The number of nitrogens with one attached hydrogen (secondary N) is 1. The van der Waals surface area contributed by atoms with E-state index in [1.54, 1.807) is 54.7 Å². The van der Waals surface area contributed by atoms with Crippen molar-refractivity contribution in [2.24, 2.45) is 0 Å². The number of carbonyl (C=O) groups excluding carboxylic acids is 2. The number of methoxy groups -OCH3 is 1. The second-order valence-corrected chi connectivity index (χ2v) is 7.71. The second kappa shape index (κ2) is 10.6. The van der Waals surface area contributed by atoms with Crippen molar-refractivity contribution >= 4 is 23.7 Å². The number of aromatic nitrogens is 1. The highest BCUT2D eigenvalue weighted by atomic mass is 16.6. The third-order valence-corrected chi connectivity index (χ3v) is 5.25. The van der Waals surface area contributed by atoms with Crippen LogP contribution < -0.4 is 14.8 Å². The Morgan fingerprint density at radius 3 is 2.66 bits per heavy atom. The number of hydrogen-bond donors (Lipinski definition) is 2. The summed E-state index contributed by atoms with van der Waals surface area (Å²) in [6.45, 7) is 0.890. The van der Waals surface area contributed by atoms with E-state index in [4.69, 9.17) is 19.3 Å². The number of aliphatic carboxylic acids is 1. The number of carboxylic acids is 1. The normalized spacial score (nSPS) is 12.7. The van der Waals surface area contributed by atoms with Gasteiger partial charge in [0.2, 0.25) is 0 Å². The standard InChI is InChI=1S/C25H23N3O7/c1-33-21-6-4-16(12-23(29)30)11-22(21)35-20-7-5-19(27-24(31)17-3-2-8-26-14-17)13-18(20)15-28-9-10-34-25(28)32/h2-8,11,13-14H,9-10,12,15H2,1H3,(H,27,31)(H,29,30). The Balaban J connectivity index is 1.64. The van der Waals surface area contributed by atoms with Crippen LogP contribution in [-0.4, -0.2) is 53.2 Å². The monoisotopic (exact) mass is 477 g/mol. The molecule has 2 heterocycles. The van der Waals surface area contributed by atoms with Crippen molar-refractivity contribution in [3.63, 3.8) is 0 Å². The maximum absolute atomic E-state index is 12.6. The smallest absolute Gasteiger partial charge is 0.410 e. The van der Waals surface area contributed by atoms with Gasteiger partial charge >= 0.3 is 12.1 Å². The number of nitrogens with zero attached hydrogens (tertiary/aromatic N) is 2. The molecule has 4 rings (SSSR count). The minimum atomic E-state index is -0.969. The molecule has 0 unspecified atom stereocenters. The molecule has 0 bridgehead atoms. The maximum Gasteiger partial charge on any atom is 0.410 e. The van der Waals surface area contributed by atoms with Gasteiger partial charge in [-0.15, -0.1) is 0 Å². The van der Waals surface area contributed by atoms with E-state index in [0.29, 0.717) is 46.2 Å². The fourth-order valence-electron chi connectivity index (χ4n) is 3.56. The van der Waals surface area contributed by atoms with Gasteiger partial charge in [0.15, 0.2) is 11.5 Å². The van der Waals surface area contributed by atoms with Crippen molar-refractivity contribution in [1.82, 2.24) is 9.88 Å². The Bertz CT molecular complexity index is 1250. The topological polar surface area (TPSA) is 127 Å². The molecule has 1 fully saturated rings. The molecule has 0 atom stereocenters. The average Bonchev–Trinajstić information content (AvgIpc) is 3.25. The van der Waals surface area contributed by atoms with Crippen LogP contribution in [0.3, 0.4) is 0 Å². The highest BCUT2D eigenvalue weighted by Gasteiger charge is 2.24. The second-order valence-electron chi connectivity index (χ2n) is 7.71. The summed E-state index contributed by atoms with van der Waals surface area (Å²) in [6, 6.07) is 13.2. The van der Waals surface area contributed by atoms with Crippen LogP contribution in [0, 0.1) is 0 Å². The van der Waals surface area contributed by atoms with Gasteiger partial charge in [-0.25, -0.2) is 4.79 Å². The summed E-state index contributed by atoms with van der Waals surface area (Å²) in [4.78, 5) is 41.2. The fourth-order valence-corrected chi connectivity index (χ4v) is 3.56. The lowest BCUT2D eigenvalue weighted by Gasteiger charge is -2.19. The van der Waals surface area contributed by atoms with E-state index in [2.05, 4.69) is 10.3 Å². The van der Waals surface area contributed by atoms with Crippen molar-refractivity contribution in [3.8, 4) is 17.2 Å². The molecule has 10 heteroatoms. The Morgan fingerprint density at radius 1 is 1.14 bits per heavy atom. The van der Waals surface area contributed by atoms with Gasteiger partial charge in [0.25, 0.3) is 5.91 Å². The van der Waals surface area contributed by atoms with E-state index in [-0.39, 0.29) is 25.5 Å². The van der Waals surface area contributed by atoms with Crippen molar-refractivity contribution in [2.75, 3.05) is 25.6 Å². The summed E-state index contributed by atoms with van der Waals surface area (Å²) in [7, 11) is 1.48. The van der Waals surface area contributed by atoms with Gasteiger partial charge in [0, 0.05) is 23.6 Å². The summed E-state index contributed by atoms with van der Waals surface area (Å²) >= 11 is 0. The lowest BCUT2D eigenvalue weighted by atomic mass is 10.1. The Labute approximate surface area is 201 Å². The first kappa shape index (κ1) is 23.6. The molecule has 0 radical (unpaired) electrons. The third-order valence-electron chi connectivity index (χ3n) is 5.25. The lowest BCUT2D eigenvalue weighted by molar-refractivity contribution is -0.136. The first-order chi connectivity index (χ1) is 16.9. The molecule has 0 saturated carbocycles. The molecule has 35 heavy (non-hydrogen) atoms. The van der Waals surface area contributed by atoms with Crippen LogP contribution in [0.5, 0.6) is 17.2 Å². The summed E-state index contributed by atoms with van der Waals surface area (Å²) in [5, 5.41) is 11.9. The number of amides is 2. The number of ether oxygens (including phenoxy) is 3. The molecule has 1 aromatic heterocycles. The van der Waals surface area contributed by atoms with Crippen LogP contribution in [0.1, 0.15) is 21.5 Å². The van der Waals surface area contributed by atoms with E-state index in [1.807, 2.05) is 0 Å². The molecule has 2 aromatic carbocycles. The molecular weight excluding hydrogens is 454 g/mol. The van der Waals surface area contributed by atoms with Crippen molar-refractivity contribution < 1.29 is 33.7 Å². The van der Waals surface area contributed by atoms with Crippen LogP contribution in [0.15, 0.2) is 60.9 Å². The lowest BCUT2D eigenvalue weighted by Crippen LogP contribution is -2.24.